The second kappa shape index (κ2) is 6.54. The molecule has 0 bridgehead atoms. The zero-order valence-corrected chi connectivity index (χ0v) is 14.3. The average Bonchev–Trinajstić information content (AvgIpc) is 2.96. The molecule has 0 spiro atoms. The van der Waals surface area contributed by atoms with Gasteiger partial charge in [-0.2, -0.15) is 4.98 Å². The quantitative estimate of drug-likeness (QED) is 0.700. The monoisotopic (exact) mass is 346 g/mol. The Balaban J connectivity index is 2.24. The van der Waals surface area contributed by atoms with Gasteiger partial charge in [-0.3, -0.25) is 18.5 Å². The molecule has 0 aliphatic heterocycles. The molecule has 0 radical (unpaired) electrons. The molecular formula is C17H19FN4O3. The van der Waals surface area contributed by atoms with E-state index in [-0.39, 0.29) is 29.5 Å². The van der Waals surface area contributed by atoms with Gasteiger partial charge in [-0.05, 0) is 24.1 Å². The Hall–Kier alpha value is -2.90. The van der Waals surface area contributed by atoms with Crippen LogP contribution in [-0.4, -0.2) is 25.3 Å². The lowest BCUT2D eigenvalue weighted by atomic mass is 10.2. The molecule has 0 fully saturated rings. The highest BCUT2D eigenvalue weighted by Gasteiger charge is 2.20. The van der Waals surface area contributed by atoms with E-state index in [1.165, 1.54) is 23.7 Å². The Morgan fingerprint density at radius 2 is 1.80 bits per heavy atom. The smallest absolute Gasteiger partial charge is 0.332 e. The molecule has 3 aromatic rings. The number of fused-ring (bicyclic) bond motifs is 1. The van der Waals surface area contributed by atoms with E-state index in [1.807, 2.05) is 6.92 Å². The van der Waals surface area contributed by atoms with Crippen LogP contribution in [-0.2, 0) is 20.6 Å². The molecule has 7 nitrogen and oxygen atoms in total. The molecule has 0 atom stereocenters. The summed E-state index contributed by atoms with van der Waals surface area (Å²) in [7, 11) is 2.98. The summed E-state index contributed by atoms with van der Waals surface area (Å²) in [5, 5.41) is 0. The molecule has 0 unspecified atom stereocenters. The van der Waals surface area contributed by atoms with Gasteiger partial charge in [-0.15, -0.1) is 0 Å². The van der Waals surface area contributed by atoms with Crippen molar-refractivity contribution in [2.24, 2.45) is 14.1 Å². The Bertz CT molecular complexity index is 1030. The third kappa shape index (κ3) is 2.95. The SMILES string of the molecule is CCCOc1nc2c(c(=O)n(C)c(=O)n2C)n1Cc1ccc(F)cc1. The van der Waals surface area contributed by atoms with E-state index >= 15 is 0 Å². The standard InChI is InChI=1S/C17H19FN4O3/c1-4-9-25-16-19-14-13(15(23)21(3)17(24)20(14)2)22(16)10-11-5-7-12(18)8-6-11/h5-8H,4,9-10H2,1-3H3. The van der Waals surface area contributed by atoms with Crippen LogP contribution in [0.1, 0.15) is 18.9 Å². The minimum atomic E-state index is -0.453. The van der Waals surface area contributed by atoms with Crippen LogP contribution < -0.4 is 16.0 Å². The van der Waals surface area contributed by atoms with E-state index in [0.29, 0.717) is 6.61 Å². The highest BCUT2D eigenvalue weighted by molar-refractivity contribution is 5.72. The maximum Gasteiger partial charge on any atom is 0.332 e. The van der Waals surface area contributed by atoms with Gasteiger partial charge in [0, 0.05) is 14.1 Å². The number of nitrogens with zero attached hydrogens (tertiary/aromatic N) is 4. The van der Waals surface area contributed by atoms with E-state index in [4.69, 9.17) is 4.74 Å². The average molecular weight is 346 g/mol. The van der Waals surface area contributed by atoms with Crippen molar-refractivity contribution in [3.63, 3.8) is 0 Å². The number of hydrogen-bond donors (Lipinski definition) is 0. The van der Waals surface area contributed by atoms with Crippen LogP contribution in [0.2, 0.25) is 0 Å². The first-order valence-corrected chi connectivity index (χ1v) is 7.97. The van der Waals surface area contributed by atoms with Crippen molar-refractivity contribution in [1.82, 2.24) is 18.7 Å². The van der Waals surface area contributed by atoms with E-state index in [1.54, 1.807) is 23.7 Å². The number of aryl methyl sites for hydroxylation is 1. The van der Waals surface area contributed by atoms with Crippen molar-refractivity contribution in [1.29, 1.82) is 0 Å². The van der Waals surface area contributed by atoms with Crippen molar-refractivity contribution in [2.75, 3.05) is 6.61 Å². The van der Waals surface area contributed by atoms with Gasteiger partial charge >= 0.3 is 5.69 Å². The van der Waals surface area contributed by atoms with Crippen molar-refractivity contribution in [3.8, 4) is 6.01 Å². The van der Waals surface area contributed by atoms with Crippen molar-refractivity contribution >= 4 is 11.2 Å². The zero-order chi connectivity index (χ0) is 18.1. The topological polar surface area (TPSA) is 71.1 Å². The summed E-state index contributed by atoms with van der Waals surface area (Å²) >= 11 is 0. The second-order valence-corrected chi connectivity index (χ2v) is 5.83. The van der Waals surface area contributed by atoms with Crippen LogP contribution in [0.5, 0.6) is 6.01 Å². The highest BCUT2D eigenvalue weighted by atomic mass is 19.1. The largest absolute Gasteiger partial charge is 0.465 e. The van der Waals surface area contributed by atoms with E-state index in [2.05, 4.69) is 4.98 Å². The summed E-state index contributed by atoms with van der Waals surface area (Å²) in [5.41, 5.74) is 0.435. The lowest BCUT2D eigenvalue weighted by Gasteiger charge is -2.10. The van der Waals surface area contributed by atoms with Gasteiger partial charge in [0.2, 0.25) is 0 Å². The van der Waals surface area contributed by atoms with Gasteiger partial charge in [0.1, 0.15) is 5.82 Å². The van der Waals surface area contributed by atoms with Crippen LogP contribution >= 0.6 is 0 Å². The van der Waals surface area contributed by atoms with Gasteiger partial charge in [-0.25, -0.2) is 9.18 Å². The predicted molar refractivity (Wildman–Crippen MR) is 91.5 cm³/mol. The third-order valence-corrected chi connectivity index (χ3v) is 4.00. The minimum absolute atomic E-state index is 0.263. The lowest BCUT2D eigenvalue weighted by molar-refractivity contribution is 0.282. The maximum absolute atomic E-state index is 13.1. The second-order valence-electron chi connectivity index (χ2n) is 5.83. The molecule has 2 heterocycles. The van der Waals surface area contributed by atoms with Gasteiger partial charge in [0.05, 0.1) is 13.2 Å². The maximum atomic E-state index is 13.1. The first kappa shape index (κ1) is 16.9. The number of halogens is 1. The fourth-order valence-electron chi connectivity index (χ4n) is 2.65. The Kier molecular flexibility index (Phi) is 4.43. The van der Waals surface area contributed by atoms with Crippen molar-refractivity contribution < 1.29 is 9.13 Å². The zero-order valence-electron chi connectivity index (χ0n) is 14.3. The summed E-state index contributed by atoms with van der Waals surface area (Å²) in [5.74, 6) is -0.333. The Morgan fingerprint density at radius 1 is 1.12 bits per heavy atom. The number of hydrogen-bond acceptors (Lipinski definition) is 4. The molecule has 132 valence electrons. The van der Waals surface area contributed by atoms with Gasteiger partial charge in [-0.1, -0.05) is 19.1 Å². The van der Waals surface area contributed by atoms with E-state index < -0.39 is 11.2 Å². The molecule has 0 N–H and O–H groups in total. The van der Waals surface area contributed by atoms with Crippen LogP contribution in [0.4, 0.5) is 4.39 Å². The van der Waals surface area contributed by atoms with Crippen molar-refractivity contribution in [3.05, 3.63) is 56.5 Å². The summed E-state index contributed by atoms with van der Waals surface area (Å²) in [6, 6.07) is 6.25. The van der Waals surface area contributed by atoms with E-state index in [9.17, 15) is 14.0 Å². The molecular weight excluding hydrogens is 327 g/mol. The Labute approximate surface area is 142 Å². The Morgan fingerprint density at radius 3 is 2.44 bits per heavy atom. The summed E-state index contributed by atoms with van der Waals surface area (Å²) in [6.45, 7) is 2.67. The lowest BCUT2D eigenvalue weighted by Crippen LogP contribution is -2.37. The number of benzene rings is 1. The molecule has 0 saturated carbocycles. The first-order valence-electron chi connectivity index (χ1n) is 7.97. The molecule has 2 aromatic heterocycles. The molecule has 0 aliphatic carbocycles. The van der Waals surface area contributed by atoms with Gasteiger partial charge in [0.15, 0.2) is 11.2 Å². The predicted octanol–water partition coefficient (Wildman–Crippen LogP) is 1.41. The summed E-state index contributed by atoms with van der Waals surface area (Å²) < 4.78 is 22.8. The third-order valence-electron chi connectivity index (χ3n) is 4.00. The normalized spacial score (nSPS) is 11.2. The summed E-state index contributed by atoms with van der Waals surface area (Å²) in [4.78, 5) is 29.1. The van der Waals surface area contributed by atoms with Crippen LogP contribution in [0.15, 0.2) is 33.9 Å². The molecule has 0 aliphatic rings. The van der Waals surface area contributed by atoms with Crippen molar-refractivity contribution in [2.45, 2.75) is 19.9 Å². The fraction of sp³-hybridized carbons (Fsp3) is 0.353. The molecule has 1 aromatic carbocycles. The minimum Gasteiger partial charge on any atom is -0.465 e. The molecule has 0 amide bonds. The van der Waals surface area contributed by atoms with Gasteiger partial charge in [0.25, 0.3) is 11.6 Å². The molecule has 3 rings (SSSR count). The number of rotatable bonds is 5. The van der Waals surface area contributed by atoms with Gasteiger partial charge < -0.3 is 4.74 Å². The number of aromatic nitrogens is 4. The summed E-state index contributed by atoms with van der Waals surface area (Å²) in [6.07, 6.45) is 0.774. The van der Waals surface area contributed by atoms with Crippen LogP contribution in [0.25, 0.3) is 11.2 Å². The molecule has 8 heteroatoms. The first-order chi connectivity index (χ1) is 11.9. The molecule has 0 saturated heterocycles. The van der Waals surface area contributed by atoms with Crippen LogP contribution in [0, 0.1) is 5.82 Å². The highest BCUT2D eigenvalue weighted by Crippen LogP contribution is 2.20. The number of ether oxygens (including phenoxy) is 1. The van der Waals surface area contributed by atoms with Crippen LogP contribution in [0.3, 0.4) is 0 Å². The number of imidazole rings is 1. The molecule has 25 heavy (non-hydrogen) atoms. The van der Waals surface area contributed by atoms with E-state index in [0.717, 1.165) is 16.6 Å². The fourth-order valence-corrected chi connectivity index (χ4v) is 2.65.